The molecule has 0 aliphatic carbocycles. The monoisotopic (exact) mass is 535 g/mol. The van der Waals surface area contributed by atoms with E-state index in [-0.39, 0.29) is 23.3 Å². The number of nitrogens with zero attached hydrogens (tertiary/aromatic N) is 2. The highest BCUT2D eigenvalue weighted by atomic mass is 32.2. The van der Waals surface area contributed by atoms with Gasteiger partial charge in [-0.15, -0.1) is 0 Å². The molecule has 0 spiro atoms. The topological polar surface area (TPSA) is 86.8 Å². The number of carbonyl (C=O) groups excluding carboxylic acids is 2. The molecular weight excluding hydrogens is 498 g/mol. The van der Waals surface area contributed by atoms with Gasteiger partial charge in [-0.05, 0) is 56.5 Å². The number of sulfonamides is 1. The average molecular weight is 536 g/mol. The van der Waals surface area contributed by atoms with Crippen molar-refractivity contribution in [3.63, 3.8) is 0 Å². The Morgan fingerprint density at radius 3 is 1.92 bits per heavy atom. The fourth-order valence-electron chi connectivity index (χ4n) is 3.89. The molecule has 2 amide bonds. The van der Waals surface area contributed by atoms with Gasteiger partial charge < -0.3 is 10.2 Å². The minimum absolute atomic E-state index is 0.0915. The van der Waals surface area contributed by atoms with Crippen LogP contribution >= 0.6 is 0 Å². The van der Waals surface area contributed by atoms with E-state index in [4.69, 9.17) is 0 Å². The van der Waals surface area contributed by atoms with Crippen LogP contribution in [0.5, 0.6) is 0 Å². The highest BCUT2D eigenvalue weighted by molar-refractivity contribution is 7.92. The lowest BCUT2D eigenvalue weighted by atomic mass is 10.1. The summed E-state index contributed by atoms with van der Waals surface area (Å²) in [6.07, 6.45) is 0. The van der Waals surface area contributed by atoms with E-state index in [1.54, 1.807) is 55.5 Å². The van der Waals surface area contributed by atoms with E-state index in [2.05, 4.69) is 5.32 Å². The van der Waals surface area contributed by atoms with Crippen LogP contribution in [0.2, 0.25) is 0 Å². The number of hydrogen-bond donors (Lipinski definition) is 1. The van der Waals surface area contributed by atoms with Crippen LogP contribution < -0.4 is 9.62 Å². The number of rotatable bonds is 11. The molecule has 1 atom stereocenters. The maximum atomic E-state index is 13.9. The van der Waals surface area contributed by atoms with Crippen LogP contribution in [0.25, 0.3) is 0 Å². The van der Waals surface area contributed by atoms with Gasteiger partial charge in [0.15, 0.2) is 0 Å². The van der Waals surface area contributed by atoms with E-state index in [1.807, 2.05) is 58.0 Å². The summed E-state index contributed by atoms with van der Waals surface area (Å²) in [6.45, 7) is 9.64. The first-order chi connectivity index (χ1) is 18.0. The number of hydrogen-bond acceptors (Lipinski definition) is 4. The zero-order valence-corrected chi connectivity index (χ0v) is 23.5. The molecule has 202 valence electrons. The van der Waals surface area contributed by atoms with Crippen molar-refractivity contribution in [1.29, 1.82) is 0 Å². The molecule has 0 saturated heterocycles. The van der Waals surface area contributed by atoms with E-state index >= 15 is 0 Å². The molecule has 38 heavy (non-hydrogen) atoms. The van der Waals surface area contributed by atoms with E-state index in [0.29, 0.717) is 12.2 Å². The molecule has 0 saturated carbocycles. The van der Waals surface area contributed by atoms with Gasteiger partial charge in [-0.25, -0.2) is 8.42 Å². The molecule has 0 fully saturated rings. The van der Waals surface area contributed by atoms with Gasteiger partial charge in [0.1, 0.15) is 12.6 Å². The lowest BCUT2D eigenvalue weighted by Crippen LogP contribution is -2.51. The Morgan fingerprint density at radius 2 is 1.37 bits per heavy atom. The van der Waals surface area contributed by atoms with Crippen molar-refractivity contribution in [2.24, 2.45) is 5.92 Å². The number of anilines is 1. The normalized spacial score (nSPS) is 12.2. The lowest BCUT2D eigenvalue weighted by molar-refractivity contribution is -0.139. The van der Waals surface area contributed by atoms with Crippen molar-refractivity contribution in [3.05, 3.63) is 95.6 Å². The Kier molecular flexibility index (Phi) is 9.69. The summed E-state index contributed by atoms with van der Waals surface area (Å²) < 4.78 is 28.7. The number of aryl methyl sites for hydroxylation is 2. The molecule has 0 radical (unpaired) electrons. The first-order valence-corrected chi connectivity index (χ1v) is 14.2. The highest BCUT2D eigenvalue weighted by Gasteiger charge is 2.32. The van der Waals surface area contributed by atoms with Gasteiger partial charge in [-0.1, -0.05) is 79.6 Å². The second kappa shape index (κ2) is 12.7. The van der Waals surface area contributed by atoms with Gasteiger partial charge in [0.25, 0.3) is 10.0 Å². The molecule has 0 aromatic heterocycles. The van der Waals surface area contributed by atoms with Crippen molar-refractivity contribution < 1.29 is 18.0 Å². The first kappa shape index (κ1) is 28.9. The van der Waals surface area contributed by atoms with Crippen LogP contribution in [-0.2, 0) is 26.2 Å². The number of benzene rings is 3. The number of nitrogens with one attached hydrogen (secondary N) is 1. The van der Waals surface area contributed by atoms with Crippen molar-refractivity contribution in [2.45, 2.75) is 52.1 Å². The molecule has 7 nitrogen and oxygen atoms in total. The quantitative estimate of drug-likeness (QED) is 0.386. The van der Waals surface area contributed by atoms with Crippen LogP contribution in [0.1, 0.15) is 37.5 Å². The maximum absolute atomic E-state index is 13.9. The Balaban J connectivity index is 1.99. The molecule has 8 heteroatoms. The summed E-state index contributed by atoms with van der Waals surface area (Å²) in [5, 5.41) is 2.89. The molecule has 3 aromatic carbocycles. The fraction of sp³-hybridized carbons (Fsp3) is 0.333. The Labute approximate surface area is 226 Å². The molecule has 0 aliphatic heterocycles. The van der Waals surface area contributed by atoms with E-state index in [1.165, 1.54) is 4.90 Å². The predicted octanol–water partition coefficient (Wildman–Crippen LogP) is 4.69. The highest BCUT2D eigenvalue weighted by Crippen LogP contribution is 2.25. The van der Waals surface area contributed by atoms with Gasteiger partial charge in [-0.2, -0.15) is 0 Å². The van der Waals surface area contributed by atoms with Crippen molar-refractivity contribution in [1.82, 2.24) is 10.2 Å². The third-order valence-electron chi connectivity index (χ3n) is 6.26. The van der Waals surface area contributed by atoms with Crippen LogP contribution in [0.3, 0.4) is 0 Å². The van der Waals surface area contributed by atoms with Gasteiger partial charge in [-0.3, -0.25) is 13.9 Å². The van der Waals surface area contributed by atoms with Gasteiger partial charge >= 0.3 is 0 Å². The summed E-state index contributed by atoms with van der Waals surface area (Å²) in [5.41, 5.74) is 3.11. The van der Waals surface area contributed by atoms with E-state index in [9.17, 15) is 18.0 Å². The second-order valence-corrected chi connectivity index (χ2v) is 11.8. The molecule has 1 unspecified atom stereocenters. The zero-order valence-electron chi connectivity index (χ0n) is 22.7. The summed E-state index contributed by atoms with van der Waals surface area (Å²) >= 11 is 0. The zero-order chi connectivity index (χ0) is 27.9. The summed E-state index contributed by atoms with van der Waals surface area (Å²) in [4.78, 5) is 28.4. The van der Waals surface area contributed by atoms with Crippen molar-refractivity contribution in [3.8, 4) is 0 Å². The summed E-state index contributed by atoms with van der Waals surface area (Å²) in [7, 11) is -4.07. The minimum Gasteiger partial charge on any atom is -0.354 e. The van der Waals surface area contributed by atoms with Gasteiger partial charge in [0.2, 0.25) is 11.8 Å². The summed E-state index contributed by atoms with van der Waals surface area (Å²) in [5.74, 6) is -0.510. The van der Waals surface area contributed by atoms with Crippen LogP contribution in [0.15, 0.2) is 83.8 Å². The third-order valence-corrected chi connectivity index (χ3v) is 8.05. The average Bonchev–Trinajstić information content (AvgIpc) is 2.89. The van der Waals surface area contributed by atoms with E-state index < -0.39 is 28.5 Å². The van der Waals surface area contributed by atoms with Gasteiger partial charge in [0, 0.05) is 13.1 Å². The van der Waals surface area contributed by atoms with Crippen LogP contribution in [-0.4, -0.2) is 44.3 Å². The molecule has 3 aromatic rings. The number of amides is 2. The van der Waals surface area contributed by atoms with Crippen LogP contribution in [0.4, 0.5) is 5.69 Å². The summed E-state index contributed by atoms with van der Waals surface area (Å²) in [6, 6.07) is 22.1. The van der Waals surface area contributed by atoms with Crippen molar-refractivity contribution in [2.75, 3.05) is 17.4 Å². The molecule has 1 N–H and O–H groups in total. The Hall–Kier alpha value is -3.65. The first-order valence-electron chi connectivity index (χ1n) is 12.8. The molecule has 0 bridgehead atoms. The molecule has 3 rings (SSSR count). The predicted molar refractivity (Wildman–Crippen MR) is 151 cm³/mol. The van der Waals surface area contributed by atoms with Crippen molar-refractivity contribution >= 4 is 27.5 Å². The molecular formula is C30H37N3O4S. The van der Waals surface area contributed by atoms with Crippen LogP contribution in [0, 0.1) is 19.8 Å². The molecule has 0 heterocycles. The fourth-order valence-corrected chi connectivity index (χ4v) is 5.31. The maximum Gasteiger partial charge on any atom is 0.264 e. The van der Waals surface area contributed by atoms with E-state index in [0.717, 1.165) is 21.0 Å². The second-order valence-electron chi connectivity index (χ2n) is 9.98. The third kappa shape index (κ3) is 7.44. The minimum atomic E-state index is -4.07. The molecule has 0 aliphatic rings. The Bertz CT molecular complexity index is 1320. The number of carbonyl (C=O) groups is 2. The van der Waals surface area contributed by atoms with Gasteiger partial charge in [0.05, 0.1) is 10.6 Å². The Morgan fingerprint density at radius 1 is 0.816 bits per heavy atom. The lowest BCUT2D eigenvalue weighted by Gasteiger charge is -2.32. The SMILES string of the molecule is Cc1ccc(N(CC(=O)N(Cc2ccccc2)C(C)C(=O)NCC(C)C)S(=O)(=O)c2ccc(C)cc2)cc1. The smallest absolute Gasteiger partial charge is 0.264 e. The standard InChI is InChI=1S/C30H37N3O4S/c1-22(2)19-31-30(35)25(5)32(20-26-9-7-6-8-10-26)29(34)21-33(27-15-11-23(3)12-16-27)38(36,37)28-17-13-24(4)14-18-28/h6-18,22,25H,19-21H2,1-5H3,(H,31,35). The largest absolute Gasteiger partial charge is 0.354 e.